The molecule has 0 spiro atoms. The second kappa shape index (κ2) is 12.6. The summed E-state index contributed by atoms with van der Waals surface area (Å²) in [5, 5.41) is 2.51. The van der Waals surface area contributed by atoms with Crippen molar-refractivity contribution in [2.45, 2.75) is 40.5 Å². The van der Waals surface area contributed by atoms with Gasteiger partial charge in [0.05, 0.1) is 0 Å². The average Bonchev–Trinajstić information content (AvgIpc) is 2.40. The summed E-state index contributed by atoms with van der Waals surface area (Å²) in [5.41, 5.74) is 6.66. The Balaban J connectivity index is 0. The number of rotatable bonds is 2. The minimum Gasteiger partial charge on any atom is -0.399 e. The molecule has 3 heteroatoms. The summed E-state index contributed by atoms with van der Waals surface area (Å²) in [4.78, 5) is 11.0. The molecule has 3 N–H and O–H groups in total. The number of benzene rings is 1. The maximum absolute atomic E-state index is 11.0. The van der Waals surface area contributed by atoms with Gasteiger partial charge in [-0.2, -0.15) is 0 Å². The molecule has 98 valence electrons. The van der Waals surface area contributed by atoms with Crippen LogP contribution >= 0.6 is 0 Å². The van der Waals surface area contributed by atoms with Gasteiger partial charge in [-0.25, -0.2) is 0 Å². The standard InChI is InChI=1S/C8H10N2O.C4H10.C2H6/c1-10-8(11)6-3-2-4-7(9)5-6;1-3-4-2;1-2/h2-5H,9H2,1H3,(H,10,11);3-4H2,1-2H3;1-2H3. The minimum atomic E-state index is -0.114. The van der Waals surface area contributed by atoms with Crippen molar-refractivity contribution in [3.05, 3.63) is 29.8 Å². The van der Waals surface area contributed by atoms with Gasteiger partial charge in [-0.3, -0.25) is 4.79 Å². The molecule has 0 saturated carbocycles. The summed E-state index contributed by atoms with van der Waals surface area (Å²) < 4.78 is 0. The molecule has 0 aromatic heterocycles. The van der Waals surface area contributed by atoms with Crippen molar-refractivity contribution < 1.29 is 4.79 Å². The highest BCUT2D eigenvalue weighted by Crippen LogP contribution is 2.05. The van der Waals surface area contributed by atoms with Gasteiger partial charge >= 0.3 is 0 Å². The summed E-state index contributed by atoms with van der Waals surface area (Å²) in [5.74, 6) is -0.114. The van der Waals surface area contributed by atoms with Gasteiger partial charge in [0.15, 0.2) is 0 Å². The Morgan fingerprint density at radius 3 is 2.12 bits per heavy atom. The van der Waals surface area contributed by atoms with Crippen LogP contribution in [0.15, 0.2) is 24.3 Å². The molecule has 0 aliphatic heterocycles. The smallest absolute Gasteiger partial charge is 0.251 e. The number of unbranched alkanes of at least 4 members (excludes halogenated alkanes) is 1. The lowest BCUT2D eigenvalue weighted by molar-refractivity contribution is 0.0963. The van der Waals surface area contributed by atoms with Crippen LogP contribution in [0.3, 0.4) is 0 Å². The number of hydrogen-bond donors (Lipinski definition) is 2. The van der Waals surface area contributed by atoms with E-state index >= 15 is 0 Å². The molecule has 17 heavy (non-hydrogen) atoms. The van der Waals surface area contributed by atoms with Crippen molar-refractivity contribution in [2.24, 2.45) is 0 Å². The first kappa shape index (κ1) is 17.9. The molecule has 0 fully saturated rings. The van der Waals surface area contributed by atoms with E-state index in [0.29, 0.717) is 11.3 Å². The third-order valence-corrected chi connectivity index (χ3v) is 1.88. The van der Waals surface area contributed by atoms with Crippen molar-refractivity contribution in [1.29, 1.82) is 0 Å². The predicted octanol–water partition coefficient (Wildman–Crippen LogP) is 3.46. The topological polar surface area (TPSA) is 55.1 Å². The lowest BCUT2D eigenvalue weighted by Gasteiger charge is -1.99. The van der Waals surface area contributed by atoms with Crippen LogP contribution in [0.2, 0.25) is 0 Å². The fourth-order valence-corrected chi connectivity index (χ4v) is 0.824. The average molecular weight is 238 g/mol. The maximum atomic E-state index is 11.0. The lowest BCUT2D eigenvalue weighted by Crippen LogP contribution is -2.17. The second-order valence-electron chi connectivity index (χ2n) is 3.20. The summed E-state index contributed by atoms with van der Waals surface area (Å²) >= 11 is 0. The fourth-order valence-electron chi connectivity index (χ4n) is 0.824. The van der Waals surface area contributed by atoms with Crippen LogP contribution in [0.5, 0.6) is 0 Å². The number of amides is 1. The quantitative estimate of drug-likeness (QED) is 0.775. The maximum Gasteiger partial charge on any atom is 0.251 e. The molecule has 0 saturated heterocycles. The van der Waals surface area contributed by atoms with Gasteiger partial charge in [-0.05, 0) is 18.2 Å². The number of nitrogens with two attached hydrogens (primary N) is 1. The Bertz CT molecular complexity index is 296. The number of anilines is 1. The number of carbonyl (C=O) groups is 1. The first-order chi connectivity index (χ1) is 8.15. The van der Waals surface area contributed by atoms with Crippen molar-refractivity contribution in [3.63, 3.8) is 0 Å². The number of nitrogens with one attached hydrogen (secondary N) is 1. The van der Waals surface area contributed by atoms with E-state index in [1.54, 1.807) is 31.3 Å². The normalized spacial score (nSPS) is 8.06. The first-order valence-electron chi connectivity index (χ1n) is 6.23. The molecule has 0 aliphatic rings. The van der Waals surface area contributed by atoms with Crippen LogP contribution < -0.4 is 11.1 Å². The van der Waals surface area contributed by atoms with Gasteiger partial charge in [-0.1, -0.05) is 46.6 Å². The largest absolute Gasteiger partial charge is 0.399 e. The van der Waals surface area contributed by atoms with E-state index in [0.717, 1.165) is 0 Å². The summed E-state index contributed by atoms with van der Waals surface area (Å²) in [7, 11) is 1.59. The van der Waals surface area contributed by atoms with E-state index in [2.05, 4.69) is 19.2 Å². The highest BCUT2D eigenvalue weighted by molar-refractivity contribution is 5.94. The molecule has 0 radical (unpaired) electrons. The molecule has 1 aromatic rings. The third kappa shape index (κ3) is 9.42. The molecule has 1 rings (SSSR count). The van der Waals surface area contributed by atoms with E-state index in [1.807, 2.05) is 13.8 Å². The fraction of sp³-hybridized carbons (Fsp3) is 0.500. The van der Waals surface area contributed by atoms with E-state index in [9.17, 15) is 4.79 Å². The van der Waals surface area contributed by atoms with Gasteiger partial charge in [0.2, 0.25) is 0 Å². The molecule has 0 bridgehead atoms. The molecular formula is C14H26N2O. The SMILES string of the molecule is CC.CCCC.CNC(=O)c1cccc(N)c1. The Hall–Kier alpha value is -1.51. The van der Waals surface area contributed by atoms with E-state index in [-0.39, 0.29) is 5.91 Å². The van der Waals surface area contributed by atoms with Crippen molar-refractivity contribution in [3.8, 4) is 0 Å². The summed E-state index contributed by atoms with van der Waals surface area (Å²) in [6.07, 6.45) is 2.64. The number of nitrogen functional groups attached to an aromatic ring is 1. The van der Waals surface area contributed by atoms with Crippen LogP contribution in [-0.4, -0.2) is 13.0 Å². The highest BCUT2D eigenvalue weighted by atomic mass is 16.1. The summed E-state index contributed by atoms with van der Waals surface area (Å²) in [6.45, 7) is 8.36. The van der Waals surface area contributed by atoms with Crippen LogP contribution in [0.25, 0.3) is 0 Å². The molecule has 0 heterocycles. The Labute approximate surface area is 105 Å². The molecule has 1 amide bonds. The first-order valence-corrected chi connectivity index (χ1v) is 6.23. The van der Waals surface area contributed by atoms with E-state index in [1.165, 1.54) is 12.8 Å². The Morgan fingerprint density at radius 2 is 1.76 bits per heavy atom. The summed E-state index contributed by atoms with van der Waals surface area (Å²) in [6, 6.07) is 6.85. The number of carbonyl (C=O) groups excluding carboxylic acids is 1. The van der Waals surface area contributed by atoms with Gasteiger partial charge < -0.3 is 11.1 Å². The van der Waals surface area contributed by atoms with Gasteiger partial charge in [0.1, 0.15) is 0 Å². The number of hydrogen-bond acceptors (Lipinski definition) is 2. The van der Waals surface area contributed by atoms with Crippen molar-refractivity contribution >= 4 is 11.6 Å². The van der Waals surface area contributed by atoms with Crippen LogP contribution in [0.4, 0.5) is 5.69 Å². The zero-order valence-corrected chi connectivity index (χ0v) is 11.7. The van der Waals surface area contributed by atoms with Crippen molar-refractivity contribution in [1.82, 2.24) is 5.32 Å². The molecule has 1 aromatic carbocycles. The minimum absolute atomic E-state index is 0.114. The second-order valence-corrected chi connectivity index (χ2v) is 3.20. The zero-order valence-electron chi connectivity index (χ0n) is 11.7. The van der Waals surface area contributed by atoms with Gasteiger partial charge in [0, 0.05) is 18.3 Å². The third-order valence-electron chi connectivity index (χ3n) is 1.88. The van der Waals surface area contributed by atoms with Crippen LogP contribution in [0.1, 0.15) is 50.9 Å². The molecular weight excluding hydrogens is 212 g/mol. The van der Waals surface area contributed by atoms with Gasteiger partial charge in [0.25, 0.3) is 5.91 Å². The highest BCUT2D eigenvalue weighted by Gasteiger charge is 2.00. The Morgan fingerprint density at radius 1 is 1.24 bits per heavy atom. The lowest BCUT2D eigenvalue weighted by atomic mass is 10.2. The molecule has 3 nitrogen and oxygen atoms in total. The van der Waals surface area contributed by atoms with E-state index < -0.39 is 0 Å². The van der Waals surface area contributed by atoms with Crippen LogP contribution in [-0.2, 0) is 0 Å². The molecule has 0 aliphatic carbocycles. The Kier molecular flexibility index (Phi) is 13.2. The van der Waals surface area contributed by atoms with Gasteiger partial charge in [-0.15, -0.1) is 0 Å². The van der Waals surface area contributed by atoms with Crippen molar-refractivity contribution in [2.75, 3.05) is 12.8 Å². The van der Waals surface area contributed by atoms with Crippen LogP contribution in [0, 0.1) is 0 Å². The molecule has 0 atom stereocenters. The zero-order chi connectivity index (χ0) is 13.7. The predicted molar refractivity (Wildman–Crippen MR) is 76.2 cm³/mol. The molecule has 0 unspecified atom stereocenters. The monoisotopic (exact) mass is 238 g/mol. The van der Waals surface area contributed by atoms with E-state index in [4.69, 9.17) is 5.73 Å².